The molecule has 0 bridgehead atoms. The number of hydrogen-bond acceptors (Lipinski definition) is 6. The summed E-state index contributed by atoms with van der Waals surface area (Å²) in [5, 5.41) is 2.69. The van der Waals surface area contributed by atoms with Crippen LogP contribution in [0.15, 0.2) is 77.7 Å². The summed E-state index contributed by atoms with van der Waals surface area (Å²) in [6.45, 7) is 1.11. The summed E-state index contributed by atoms with van der Waals surface area (Å²) in [5.74, 6) is -0.00287. The standard InChI is InChI=1S/C26H28N2O6S/c1-19(29)21-10-7-11-22(16-21)27-26(30)18-28(15-14-20-8-5-4-6-9-20)35(31,32)23-12-13-24(33-2)25(17-23)34-3/h4-13,16-17H,14-15,18H2,1-3H3,(H,27,30). The second-order valence-corrected chi connectivity index (χ2v) is 9.71. The minimum atomic E-state index is -4.05. The molecule has 0 heterocycles. The molecule has 0 aliphatic carbocycles. The van der Waals surface area contributed by atoms with Crippen LogP contribution in [0.25, 0.3) is 0 Å². The number of rotatable bonds is 11. The van der Waals surface area contributed by atoms with Crippen LogP contribution in [-0.2, 0) is 21.2 Å². The van der Waals surface area contributed by atoms with Gasteiger partial charge in [-0.3, -0.25) is 9.59 Å². The van der Waals surface area contributed by atoms with Crippen molar-refractivity contribution in [2.75, 3.05) is 32.6 Å². The molecule has 3 aromatic rings. The highest BCUT2D eigenvalue weighted by molar-refractivity contribution is 7.89. The molecular weight excluding hydrogens is 468 g/mol. The first kappa shape index (κ1) is 25.9. The Morgan fingerprint density at radius 2 is 1.60 bits per heavy atom. The van der Waals surface area contributed by atoms with Crippen molar-refractivity contribution >= 4 is 27.4 Å². The molecule has 3 rings (SSSR count). The molecule has 9 heteroatoms. The van der Waals surface area contributed by atoms with Crippen molar-refractivity contribution in [2.45, 2.75) is 18.2 Å². The van der Waals surface area contributed by atoms with Gasteiger partial charge in [-0.05, 0) is 43.2 Å². The van der Waals surface area contributed by atoms with E-state index in [2.05, 4.69) is 5.32 Å². The Balaban J connectivity index is 1.87. The minimum absolute atomic E-state index is 0.0189. The van der Waals surface area contributed by atoms with Crippen LogP contribution in [0.4, 0.5) is 5.69 Å². The number of nitrogens with zero attached hydrogens (tertiary/aromatic N) is 1. The molecule has 0 spiro atoms. The Bertz CT molecular complexity index is 1290. The number of anilines is 1. The van der Waals surface area contributed by atoms with Crippen molar-refractivity contribution in [2.24, 2.45) is 0 Å². The van der Waals surface area contributed by atoms with Gasteiger partial charge in [0.05, 0.1) is 25.7 Å². The molecule has 8 nitrogen and oxygen atoms in total. The maximum atomic E-state index is 13.6. The molecule has 35 heavy (non-hydrogen) atoms. The molecule has 0 saturated heterocycles. The van der Waals surface area contributed by atoms with Crippen molar-refractivity contribution in [1.29, 1.82) is 0 Å². The van der Waals surface area contributed by atoms with Gasteiger partial charge in [-0.1, -0.05) is 42.5 Å². The third-order valence-corrected chi connectivity index (χ3v) is 7.20. The Labute approximate surface area is 205 Å². The summed E-state index contributed by atoms with van der Waals surface area (Å²) in [4.78, 5) is 24.5. The molecule has 0 unspecified atom stereocenters. The number of carbonyl (C=O) groups excluding carboxylic acids is 2. The van der Waals surface area contributed by atoms with Gasteiger partial charge >= 0.3 is 0 Å². The third kappa shape index (κ3) is 6.68. The number of methoxy groups -OCH3 is 2. The number of amides is 1. The summed E-state index contributed by atoms with van der Waals surface area (Å²) in [5.41, 5.74) is 1.80. The minimum Gasteiger partial charge on any atom is -0.493 e. The lowest BCUT2D eigenvalue weighted by Crippen LogP contribution is -2.39. The van der Waals surface area contributed by atoms with Gasteiger partial charge in [0, 0.05) is 23.9 Å². The van der Waals surface area contributed by atoms with Crippen molar-refractivity contribution in [1.82, 2.24) is 4.31 Å². The number of Topliss-reactive ketones (excluding diaryl/α,β-unsaturated/α-hetero) is 1. The summed E-state index contributed by atoms with van der Waals surface area (Å²) in [6, 6.07) is 20.2. The fourth-order valence-electron chi connectivity index (χ4n) is 3.49. The van der Waals surface area contributed by atoms with Crippen molar-refractivity contribution in [3.63, 3.8) is 0 Å². The number of benzene rings is 3. The molecule has 0 fully saturated rings. The van der Waals surface area contributed by atoms with E-state index >= 15 is 0 Å². The zero-order valence-corrected chi connectivity index (χ0v) is 20.7. The highest BCUT2D eigenvalue weighted by Gasteiger charge is 2.28. The van der Waals surface area contributed by atoms with E-state index in [4.69, 9.17) is 9.47 Å². The number of sulfonamides is 1. The molecule has 0 radical (unpaired) electrons. The summed E-state index contributed by atoms with van der Waals surface area (Å²) >= 11 is 0. The highest BCUT2D eigenvalue weighted by atomic mass is 32.2. The molecule has 0 aromatic heterocycles. The first-order valence-corrected chi connectivity index (χ1v) is 12.4. The molecule has 0 aliphatic rings. The van der Waals surface area contributed by atoms with Gasteiger partial charge in [0.15, 0.2) is 17.3 Å². The van der Waals surface area contributed by atoms with E-state index in [1.807, 2.05) is 30.3 Å². The molecule has 1 amide bonds. The lowest BCUT2D eigenvalue weighted by atomic mass is 10.1. The van der Waals surface area contributed by atoms with Crippen LogP contribution in [0.1, 0.15) is 22.8 Å². The monoisotopic (exact) mass is 496 g/mol. The maximum absolute atomic E-state index is 13.6. The normalized spacial score (nSPS) is 11.2. The first-order valence-electron chi connectivity index (χ1n) is 10.9. The Hall–Kier alpha value is -3.69. The van der Waals surface area contributed by atoms with E-state index in [9.17, 15) is 18.0 Å². The highest BCUT2D eigenvalue weighted by Crippen LogP contribution is 2.30. The van der Waals surface area contributed by atoms with Crippen LogP contribution in [0.5, 0.6) is 11.5 Å². The van der Waals surface area contributed by atoms with Crippen LogP contribution >= 0.6 is 0 Å². The molecule has 1 N–H and O–H groups in total. The smallest absolute Gasteiger partial charge is 0.243 e. The van der Waals surface area contributed by atoms with Crippen LogP contribution in [0.2, 0.25) is 0 Å². The second-order valence-electron chi connectivity index (χ2n) is 7.78. The van der Waals surface area contributed by atoms with Crippen LogP contribution in [0.3, 0.4) is 0 Å². The average molecular weight is 497 g/mol. The third-order valence-electron chi connectivity index (χ3n) is 5.36. The van der Waals surface area contributed by atoms with E-state index in [1.165, 1.54) is 39.3 Å². The van der Waals surface area contributed by atoms with Gasteiger partial charge in [0.2, 0.25) is 15.9 Å². The topological polar surface area (TPSA) is 102 Å². The number of ether oxygens (including phenoxy) is 2. The van der Waals surface area contributed by atoms with E-state index < -0.39 is 22.5 Å². The molecule has 0 atom stereocenters. The lowest BCUT2D eigenvalue weighted by Gasteiger charge is -2.22. The zero-order valence-electron chi connectivity index (χ0n) is 19.9. The summed E-state index contributed by atoms with van der Waals surface area (Å²) < 4.78 is 38.7. The zero-order chi connectivity index (χ0) is 25.4. The maximum Gasteiger partial charge on any atom is 0.243 e. The predicted octanol–water partition coefficient (Wildman–Crippen LogP) is 3.78. The van der Waals surface area contributed by atoms with Gasteiger partial charge in [-0.15, -0.1) is 0 Å². The first-order chi connectivity index (χ1) is 16.7. The van der Waals surface area contributed by atoms with E-state index in [1.54, 1.807) is 24.3 Å². The molecule has 0 aliphatic heterocycles. The molecule has 3 aromatic carbocycles. The molecule has 184 valence electrons. The van der Waals surface area contributed by atoms with Crippen LogP contribution in [0, 0.1) is 0 Å². The summed E-state index contributed by atoms with van der Waals surface area (Å²) in [7, 11) is -1.17. The Kier molecular flexibility index (Phi) is 8.62. The van der Waals surface area contributed by atoms with Gasteiger partial charge in [0.1, 0.15) is 0 Å². The number of carbonyl (C=O) groups is 2. The van der Waals surface area contributed by atoms with Gasteiger partial charge < -0.3 is 14.8 Å². The Morgan fingerprint density at radius 3 is 2.26 bits per heavy atom. The van der Waals surface area contributed by atoms with Crippen molar-refractivity contribution in [3.8, 4) is 11.5 Å². The van der Waals surface area contributed by atoms with Gasteiger partial charge in [-0.2, -0.15) is 4.31 Å². The van der Waals surface area contributed by atoms with Crippen LogP contribution < -0.4 is 14.8 Å². The SMILES string of the molecule is COc1ccc(S(=O)(=O)N(CCc2ccccc2)CC(=O)Nc2cccc(C(C)=O)c2)cc1OC. The largest absolute Gasteiger partial charge is 0.493 e. The van der Waals surface area contributed by atoms with Gasteiger partial charge in [-0.25, -0.2) is 8.42 Å². The van der Waals surface area contributed by atoms with E-state index in [0.29, 0.717) is 23.4 Å². The lowest BCUT2D eigenvalue weighted by molar-refractivity contribution is -0.116. The Morgan fingerprint density at radius 1 is 0.886 bits per heavy atom. The fourth-order valence-corrected chi connectivity index (χ4v) is 4.90. The fraction of sp³-hybridized carbons (Fsp3) is 0.231. The molecule has 0 saturated carbocycles. The second kappa shape index (κ2) is 11.6. The van der Waals surface area contributed by atoms with E-state index in [-0.39, 0.29) is 23.0 Å². The van der Waals surface area contributed by atoms with Crippen molar-refractivity contribution in [3.05, 3.63) is 83.9 Å². The van der Waals surface area contributed by atoms with Gasteiger partial charge in [0.25, 0.3) is 0 Å². The number of ketones is 1. The summed E-state index contributed by atoms with van der Waals surface area (Å²) in [6.07, 6.45) is 0.417. The quantitative estimate of drug-likeness (QED) is 0.406. The van der Waals surface area contributed by atoms with Crippen LogP contribution in [-0.4, -0.2) is 51.7 Å². The predicted molar refractivity (Wildman–Crippen MR) is 134 cm³/mol. The number of nitrogens with one attached hydrogen (secondary N) is 1. The average Bonchev–Trinajstić information content (AvgIpc) is 2.86. The van der Waals surface area contributed by atoms with E-state index in [0.717, 1.165) is 9.87 Å². The van der Waals surface area contributed by atoms with Crippen molar-refractivity contribution < 1.29 is 27.5 Å². The molecular formula is C26H28N2O6S. The number of hydrogen-bond donors (Lipinski definition) is 1.